The molecular weight excluding hydrogens is 395 g/mol. The summed E-state index contributed by atoms with van der Waals surface area (Å²) in [5, 5.41) is 4.86. The summed E-state index contributed by atoms with van der Waals surface area (Å²) in [5.74, 6) is -0.402. The molecule has 26 heavy (non-hydrogen) atoms. The van der Waals surface area contributed by atoms with Gasteiger partial charge in [0.05, 0.1) is 14.8 Å². The van der Waals surface area contributed by atoms with E-state index in [1.165, 1.54) is 6.26 Å². The van der Waals surface area contributed by atoms with E-state index < -0.39 is 15.6 Å². The first kappa shape index (κ1) is 18.6. The molecule has 1 atom stereocenters. The standard InChI is InChI=1S/C18H14Cl2N2O3S/c1-11-16(17(21-25-11)14-5-3-4-6-15(14)20)18(23)22-26(2,24)13-9-7-12(19)8-10-13/h3-10H,1-2H3/t26-/m0/s1. The molecule has 134 valence electrons. The van der Waals surface area contributed by atoms with Crippen molar-refractivity contribution in [3.05, 3.63) is 69.9 Å². The molecule has 0 radical (unpaired) electrons. The molecule has 3 aromatic rings. The number of carbonyl (C=O) groups is 1. The summed E-state index contributed by atoms with van der Waals surface area (Å²) in [7, 11) is -2.96. The number of rotatable bonds is 3. The van der Waals surface area contributed by atoms with Crippen LogP contribution in [0.3, 0.4) is 0 Å². The predicted octanol–water partition coefficient (Wildman–Crippen LogP) is 5.25. The lowest BCUT2D eigenvalue weighted by molar-refractivity contribution is 0.100. The number of benzene rings is 2. The van der Waals surface area contributed by atoms with Crippen LogP contribution in [0.25, 0.3) is 11.3 Å². The summed E-state index contributed by atoms with van der Waals surface area (Å²) in [6.45, 7) is 1.59. The van der Waals surface area contributed by atoms with E-state index in [4.69, 9.17) is 27.7 Å². The van der Waals surface area contributed by atoms with Gasteiger partial charge >= 0.3 is 0 Å². The van der Waals surface area contributed by atoms with Gasteiger partial charge in [-0.05, 0) is 37.3 Å². The van der Waals surface area contributed by atoms with Crippen LogP contribution < -0.4 is 0 Å². The summed E-state index contributed by atoms with van der Waals surface area (Å²) in [4.78, 5) is 13.2. The van der Waals surface area contributed by atoms with E-state index in [1.54, 1.807) is 55.5 Å². The highest BCUT2D eigenvalue weighted by Gasteiger charge is 2.24. The minimum Gasteiger partial charge on any atom is -0.360 e. The number of carbonyl (C=O) groups excluding carboxylic acids is 1. The maximum atomic E-state index is 12.9. The molecule has 3 rings (SSSR count). The van der Waals surface area contributed by atoms with Crippen molar-refractivity contribution in [3.8, 4) is 11.3 Å². The van der Waals surface area contributed by atoms with E-state index in [9.17, 15) is 9.00 Å². The lowest BCUT2D eigenvalue weighted by atomic mass is 10.1. The fraction of sp³-hybridized carbons (Fsp3) is 0.111. The second-order valence-corrected chi connectivity index (χ2v) is 8.70. The van der Waals surface area contributed by atoms with Crippen molar-refractivity contribution in [3.63, 3.8) is 0 Å². The molecule has 2 aromatic carbocycles. The van der Waals surface area contributed by atoms with Gasteiger partial charge in [-0.2, -0.15) is 4.36 Å². The van der Waals surface area contributed by atoms with Gasteiger partial charge in [0.15, 0.2) is 0 Å². The summed E-state index contributed by atoms with van der Waals surface area (Å²) < 4.78 is 22.0. The monoisotopic (exact) mass is 408 g/mol. The van der Waals surface area contributed by atoms with Gasteiger partial charge in [0.1, 0.15) is 17.0 Å². The minimum absolute atomic E-state index is 0.140. The summed E-state index contributed by atoms with van der Waals surface area (Å²) in [5.41, 5.74) is 0.952. The Morgan fingerprint density at radius 3 is 2.42 bits per heavy atom. The Morgan fingerprint density at radius 2 is 1.77 bits per heavy atom. The van der Waals surface area contributed by atoms with Crippen molar-refractivity contribution < 1.29 is 13.5 Å². The van der Waals surface area contributed by atoms with Crippen LogP contribution in [0.15, 0.2) is 62.3 Å². The highest BCUT2D eigenvalue weighted by atomic mass is 35.5. The Bertz CT molecular complexity index is 1100. The minimum atomic E-state index is -2.96. The first-order valence-corrected chi connectivity index (χ1v) is 10.2. The highest BCUT2D eigenvalue weighted by Crippen LogP contribution is 2.31. The maximum Gasteiger partial charge on any atom is 0.291 e. The van der Waals surface area contributed by atoms with Crippen LogP contribution in [0, 0.1) is 6.92 Å². The van der Waals surface area contributed by atoms with Crippen molar-refractivity contribution in [1.29, 1.82) is 0 Å². The third-order valence-electron chi connectivity index (χ3n) is 3.71. The van der Waals surface area contributed by atoms with Crippen LogP contribution in [0.2, 0.25) is 10.0 Å². The molecular formula is C18H14Cl2N2O3S. The number of amides is 1. The second-order valence-electron chi connectivity index (χ2n) is 5.60. The number of nitrogens with zero attached hydrogens (tertiary/aromatic N) is 2. The van der Waals surface area contributed by atoms with Gasteiger partial charge in [0.2, 0.25) is 0 Å². The Kier molecular flexibility index (Phi) is 5.18. The lowest BCUT2D eigenvalue weighted by Crippen LogP contribution is -2.05. The topological polar surface area (TPSA) is 72.5 Å². The van der Waals surface area contributed by atoms with Crippen molar-refractivity contribution in [2.45, 2.75) is 11.8 Å². The van der Waals surface area contributed by atoms with E-state index in [2.05, 4.69) is 9.52 Å². The van der Waals surface area contributed by atoms with Crippen molar-refractivity contribution >= 4 is 38.8 Å². The number of aryl methyl sites for hydroxylation is 1. The van der Waals surface area contributed by atoms with Gasteiger partial charge in [-0.25, -0.2) is 4.21 Å². The largest absolute Gasteiger partial charge is 0.360 e. The quantitative estimate of drug-likeness (QED) is 0.592. The zero-order valence-corrected chi connectivity index (χ0v) is 16.2. The third-order valence-corrected chi connectivity index (χ3v) is 5.96. The molecule has 1 amide bonds. The third kappa shape index (κ3) is 3.67. The smallest absolute Gasteiger partial charge is 0.291 e. The predicted molar refractivity (Wildman–Crippen MR) is 102 cm³/mol. The van der Waals surface area contributed by atoms with Gasteiger partial charge in [0.25, 0.3) is 5.91 Å². The Balaban J connectivity index is 2.09. The number of hydrogen-bond acceptors (Lipinski definition) is 4. The van der Waals surface area contributed by atoms with Crippen LogP contribution in [0.5, 0.6) is 0 Å². The van der Waals surface area contributed by atoms with Gasteiger partial charge in [0, 0.05) is 21.7 Å². The Hall–Kier alpha value is -2.15. The molecule has 1 heterocycles. The molecule has 8 heteroatoms. The molecule has 0 spiro atoms. The van der Waals surface area contributed by atoms with Crippen molar-refractivity contribution in [2.75, 3.05) is 6.26 Å². The van der Waals surface area contributed by atoms with Crippen LogP contribution in [-0.2, 0) is 9.73 Å². The highest BCUT2D eigenvalue weighted by molar-refractivity contribution is 7.93. The van der Waals surface area contributed by atoms with E-state index in [-0.39, 0.29) is 17.0 Å². The zero-order chi connectivity index (χ0) is 18.9. The first-order chi connectivity index (χ1) is 12.3. The molecule has 1 aromatic heterocycles. The van der Waals surface area contributed by atoms with Crippen molar-refractivity contribution in [1.82, 2.24) is 5.16 Å². The molecule has 5 nitrogen and oxygen atoms in total. The van der Waals surface area contributed by atoms with E-state index in [0.717, 1.165) is 0 Å². The number of halogens is 2. The van der Waals surface area contributed by atoms with Crippen LogP contribution in [0.4, 0.5) is 0 Å². The molecule has 0 unspecified atom stereocenters. The lowest BCUT2D eigenvalue weighted by Gasteiger charge is -2.05. The maximum absolute atomic E-state index is 12.9. The SMILES string of the molecule is Cc1onc(-c2ccccc2Cl)c1C(=O)N=[S@@](C)(=O)c1ccc(Cl)cc1. The van der Waals surface area contributed by atoms with Gasteiger partial charge < -0.3 is 4.52 Å². The van der Waals surface area contributed by atoms with E-state index in [1.807, 2.05) is 0 Å². The van der Waals surface area contributed by atoms with Crippen LogP contribution in [0.1, 0.15) is 16.1 Å². The number of hydrogen-bond donors (Lipinski definition) is 0. The first-order valence-electron chi connectivity index (χ1n) is 7.53. The van der Waals surface area contributed by atoms with Gasteiger partial charge in [-0.15, -0.1) is 0 Å². The average molecular weight is 409 g/mol. The Morgan fingerprint density at radius 1 is 1.12 bits per heavy atom. The molecule has 0 saturated carbocycles. The summed E-state index contributed by atoms with van der Waals surface area (Å²) in [6, 6.07) is 13.3. The normalized spacial score (nSPS) is 13.2. The molecule has 0 aliphatic rings. The van der Waals surface area contributed by atoms with Gasteiger partial charge in [-0.3, -0.25) is 4.79 Å². The zero-order valence-electron chi connectivity index (χ0n) is 13.9. The molecule has 0 aliphatic carbocycles. The fourth-order valence-corrected chi connectivity index (χ4v) is 3.91. The van der Waals surface area contributed by atoms with E-state index >= 15 is 0 Å². The molecule has 0 N–H and O–H groups in total. The number of aromatic nitrogens is 1. The summed E-state index contributed by atoms with van der Waals surface area (Å²) in [6.07, 6.45) is 1.39. The molecule has 0 saturated heterocycles. The fourth-order valence-electron chi connectivity index (χ4n) is 2.40. The second kappa shape index (κ2) is 7.23. The van der Waals surface area contributed by atoms with Gasteiger partial charge in [-0.1, -0.05) is 46.6 Å². The average Bonchev–Trinajstić information content (AvgIpc) is 2.97. The Labute approximate surface area is 161 Å². The molecule has 0 fully saturated rings. The van der Waals surface area contributed by atoms with E-state index in [0.29, 0.717) is 20.5 Å². The summed E-state index contributed by atoms with van der Waals surface area (Å²) >= 11 is 12.0. The molecule has 0 bridgehead atoms. The molecule has 0 aliphatic heterocycles. The van der Waals surface area contributed by atoms with Crippen LogP contribution >= 0.6 is 23.2 Å². The van der Waals surface area contributed by atoms with Crippen molar-refractivity contribution in [2.24, 2.45) is 4.36 Å². The van der Waals surface area contributed by atoms with Crippen LogP contribution in [-0.4, -0.2) is 21.5 Å².